The van der Waals surface area contributed by atoms with Crippen LogP contribution < -0.4 is 10.9 Å². The Hall–Kier alpha value is -1.94. The minimum Gasteiger partial charge on any atom is -0.272 e. The van der Waals surface area contributed by atoms with Crippen molar-refractivity contribution in [3.8, 4) is 0 Å². The molecule has 0 aliphatic heterocycles. The molecule has 0 atom stereocenters. The number of nitrogens with zero attached hydrogens (tertiary/aromatic N) is 1. The largest absolute Gasteiger partial charge is 0.272 e. The highest BCUT2D eigenvalue weighted by Gasteiger charge is 2.23. The fourth-order valence-corrected chi connectivity index (χ4v) is 3.77. The van der Waals surface area contributed by atoms with Crippen molar-refractivity contribution in [1.82, 2.24) is 15.2 Å². The quantitative estimate of drug-likeness (QED) is 0.651. The highest BCUT2D eigenvalue weighted by atomic mass is 79.9. The summed E-state index contributed by atoms with van der Waals surface area (Å²) in [6, 6.07) is 11.0. The molecule has 0 unspecified atom stereocenters. The van der Waals surface area contributed by atoms with E-state index in [1.165, 1.54) is 31.3 Å². The van der Waals surface area contributed by atoms with E-state index in [1.807, 2.05) is 6.92 Å². The van der Waals surface area contributed by atoms with E-state index in [1.54, 1.807) is 18.2 Å². The molecule has 2 rings (SSSR count). The van der Waals surface area contributed by atoms with Gasteiger partial charge in [0.05, 0.1) is 22.0 Å². The molecule has 7 nitrogen and oxygen atoms in total. The van der Waals surface area contributed by atoms with Gasteiger partial charge in [-0.2, -0.15) is 4.31 Å². The summed E-state index contributed by atoms with van der Waals surface area (Å²) in [5.41, 5.74) is 5.46. The Kier molecular flexibility index (Phi) is 6.99. The van der Waals surface area contributed by atoms with E-state index < -0.39 is 28.4 Å². The van der Waals surface area contributed by atoms with Crippen LogP contribution in [0.2, 0.25) is 5.02 Å². The standard InChI is InChI=1S/C17H17BrClN3O4S/c1-11-3-6-13(7-4-11)27(25,26)22(2)10-16(23)20-21-17(24)14-9-12(18)5-8-15(14)19/h3-9H,10H2,1-2H3,(H,20,23)(H,21,24). The maximum atomic E-state index is 12.5. The van der Waals surface area contributed by atoms with Crippen molar-refractivity contribution >= 4 is 49.4 Å². The summed E-state index contributed by atoms with van der Waals surface area (Å²) in [6.07, 6.45) is 0. The van der Waals surface area contributed by atoms with E-state index >= 15 is 0 Å². The number of benzene rings is 2. The number of rotatable bonds is 5. The summed E-state index contributed by atoms with van der Waals surface area (Å²) in [7, 11) is -2.54. The Labute approximate surface area is 170 Å². The molecule has 0 aliphatic rings. The predicted molar refractivity (Wildman–Crippen MR) is 106 cm³/mol. The van der Waals surface area contributed by atoms with Crippen molar-refractivity contribution in [1.29, 1.82) is 0 Å². The third kappa shape index (κ3) is 5.52. The summed E-state index contributed by atoms with van der Waals surface area (Å²) in [6.45, 7) is 1.37. The van der Waals surface area contributed by atoms with Crippen molar-refractivity contribution in [2.24, 2.45) is 0 Å². The third-order valence-electron chi connectivity index (χ3n) is 3.58. The van der Waals surface area contributed by atoms with E-state index in [9.17, 15) is 18.0 Å². The molecule has 0 bridgehead atoms. The second-order valence-corrected chi connectivity index (χ2v) is 9.07. The molecule has 0 aliphatic carbocycles. The van der Waals surface area contributed by atoms with E-state index in [0.717, 1.165) is 9.87 Å². The van der Waals surface area contributed by atoms with Crippen LogP contribution >= 0.6 is 27.5 Å². The highest BCUT2D eigenvalue weighted by molar-refractivity contribution is 9.10. The predicted octanol–water partition coefficient (Wildman–Crippen LogP) is 2.49. The lowest BCUT2D eigenvalue weighted by Crippen LogP contribution is -2.46. The van der Waals surface area contributed by atoms with Crippen LogP contribution in [0.4, 0.5) is 0 Å². The minimum absolute atomic E-state index is 0.0772. The van der Waals surface area contributed by atoms with Gasteiger partial charge in [-0.25, -0.2) is 8.42 Å². The van der Waals surface area contributed by atoms with Gasteiger partial charge in [0.25, 0.3) is 11.8 Å². The van der Waals surface area contributed by atoms with Crippen molar-refractivity contribution < 1.29 is 18.0 Å². The van der Waals surface area contributed by atoms with Gasteiger partial charge in [0.1, 0.15) is 0 Å². The molecule has 0 saturated carbocycles. The average Bonchev–Trinajstić information content (AvgIpc) is 2.62. The Balaban J connectivity index is 1.97. The lowest BCUT2D eigenvalue weighted by molar-refractivity contribution is -0.121. The topological polar surface area (TPSA) is 95.6 Å². The van der Waals surface area contributed by atoms with Gasteiger partial charge in [0.15, 0.2) is 0 Å². The van der Waals surface area contributed by atoms with Crippen LogP contribution in [0, 0.1) is 6.92 Å². The Morgan fingerprint density at radius 2 is 1.74 bits per heavy atom. The van der Waals surface area contributed by atoms with Gasteiger partial charge in [-0.05, 0) is 37.3 Å². The molecule has 2 aromatic carbocycles. The SMILES string of the molecule is Cc1ccc(S(=O)(=O)N(C)CC(=O)NNC(=O)c2cc(Br)ccc2Cl)cc1. The second kappa shape index (κ2) is 8.83. The summed E-state index contributed by atoms with van der Waals surface area (Å²) in [5.74, 6) is -1.33. The highest BCUT2D eigenvalue weighted by Crippen LogP contribution is 2.20. The van der Waals surface area contributed by atoms with Crippen LogP contribution in [0.3, 0.4) is 0 Å². The number of aryl methyl sites for hydroxylation is 1. The monoisotopic (exact) mass is 473 g/mol. The van der Waals surface area contributed by atoms with E-state index in [-0.39, 0.29) is 15.5 Å². The van der Waals surface area contributed by atoms with Gasteiger partial charge in [-0.3, -0.25) is 20.4 Å². The number of sulfonamides is 1. The van der Waals surface area contributed by atoms with Gasteiger partial charge >= 0.3 is 0 Å². The average molecular weight is 475 g/mol. The number of halogens is 2. The summed E-state index contributed by atoms with van der Waals surface area (Å²) < 4.78 is 26.5. The molecule has 0 aromatic heterocycles. The Morgan fingerprint density at radius 1 is 1.11 bits per heavy atom. The number of hydrogen-bond donors (Lipinski definition) is 2. The van der Waals surface area contributed by atoms with E-state index in [4.69, 9.17) is 11.6 Å². The molecule has 0 heterocycles. The van der Waals surface area contributed by atoms with Gasteiger partial charge in [-0.15, -0.1) is 0 Å². The van der Waals surface area contributed by atoms with Gasteiger partial charge in [0, 0.05) is 11.5 Å². The molecule has 2 amide bonds. The molecule has 144 valence electrons. The van der Waals surface area contributed by atoms with E-state index in [2.05, 4.69) is 26.8 Å². The number of hydrogen-bond acceptors (Lipinski definition) is 4. The Bertz CT molecular complexity index is 965. The zero-order chi connectivity index (χ0) is 20.2. The van der Waals surface area contributed by atoms with Crippen molar-refractivity contribution in [3.05, 3.63) is 63.1 Å². The Morgan fingerprint density at radius 3 is 2.37 bits per heavy atom. The number of hydrazine groups is 1. The first-order valence-electron chi connectivity index (χ1n) is 7.68. The molecule has 0 radical (unpaired) electrons. The second-order valence-electron chi connectivity index (χ2n) is 5.70. The van der Waals surface area contributed by atoms with Crippen LogP contribution in [-0.2, 0) is 14.8 Å². The number of carbonyl (C=O) groups excluding carboxylic acids is 2. The fourth-order valence-electron chi connectivity index (χ4n) is 2.08. The molecular weight excluding hydrogens is 458 g/mol. The maximum Gasteiger partial charge on any atom is 0.271 e. The summed E-state index contributed by atoms with van der Waals surface area (Å²) >= 11 is 9.17. The molecule has 2 N–H and O–H groups in total. The molecule has 27 heavy (non-hydrogen) atoms. The molecule has 0 fully saturated rings. The van der Waals surface area contributed by atoms with Gasteiger partial charge in [-0.1, -0.05) is 45.2 Å². The normalized spacial score (nSPS) is 11.3. The van der Waals surface area contributed by atoms with Crippen molar-refractivity contribution in [3.63, 3.8) is 0 Å². The van der Waals surface area contributed by atoms with Crippen LogP contribution in [0.5, 0.6) is 0 Å². The first-order valence-corrected chi connectivity index (χ1v) is 10.3. The third-order valence-corrected chi connectivity index (χ3v) is 6.22. The first kappa shape index (κ1) is 21.4. The maximum absolute atomic E-state index is 12.5. The van der Waals surface area contributed by atoms with Crippen molar-refractivity contribution in [2.45, 2.75) is 11.8 Å². The fraction of sp³-hybridized carbons (Fsp3) is 0.176. The number of nitrogens with one attached hydrogen (secondary N) is 2. The lowest BCUT2D eigenvalue weighted by Gasteiger charge is -2.17. The minimum atomic E-state index is -3.82. The molecule has 2 aromatic rings. The molecule has 0 spiro atoms. The lowest BCUT2D eigenvalue weighted by atomic mass is 10.2. The summed E-state index contributed by atoms with van der Waals surface area (Å²) in [5, 5.41) is 0.212. The smallest absolute Gasteiger partial charge is 0.271 e. The van der Waals surface area contributed by atoms with Gasteiger partial charge in [0.2, 0.25) is 10.0 Å². The molecular formula is C17H17BrClN3O4S. The van der Waals surface area contributed by atoms with E-state index in [0.29, 0.717) is 4.47 Å². The van der Waals surface area contributed by atoms with Crippen LogP contribution in [-0.4, -0.2) is 38.1 Å². The van der Waals surface area contributed by atoms with Gasteiger partial charge < -0.3 is 0 Å². The molecule has 0 saturated heterocycles. The number of carbonyl (C=O) groups is 2. The van der Waals surface area contributed by atoms with Crippen LogP contribution in [0.1, 0.15) is 15.9 Å². The van der Waals surface area contributed by atoms with Crippen molar-refractivity contribution in [2.75, 3.05) is 13.6 Å². The number of amides is 2. The molecule has 10 heteroatoms. The number of likely N-dealkylation sites (N-methyl/N-ethyl adjacent to an activating group) is 1. The van der Waals surface area contributed by atoms with Crippen LogP contribution in [0.15, 0.2) is 51.8 Å². The first-order chi connectivity index (χ1) is 12.6. The van der Waals surface area contributed by atoms with Crippen LogP contribution in [0.25, 0.3) is 0 Å². The zero-order valence-corrected chi connectivity index (χ0v) is 17.7. The zero-order valence-electron chi connectivity index (χ0n) is 14.5. The summed E-state index contributed by atoms with van der Waals surface area (Å²) in [4.78, 5) is 24.2.